The molecule has 1 aliphatic rings. The van der Waals surface area contributed by atoms with Gasteiger partial charge in [0.2, 0.25) is 5.91 Å². The number of halogens is 1. The fourth-order valence-corrected chi connectivity index (χ4v) is 2.98. The van der Waals surface area contributed by atoms with Crippen LogP contribution in [0.25, 0.3) is 0 Å². The number of esters is 1. The minimum absolute atomic E-state index is 0. The molecule has 24 heavy (non-hydrogen) atoms. The lowest BCUT2D eigenvalue weighted by Crippen LogP contribution is -2.40. The van der Waals surface area contributed by atoms with Gasteiger partial charge in [0.05, 0.1) is 19.1 Å². The number of ether oxygens (including phenoxy) is 1. The van der Waals surface area contributed by atoms with E-state index in [2.05, 4.69) is 10.6 Å². The lowest BCUT2D eigenvalue weighted by atomic mass is 9.94. The normalized spacial score (nSPS) is 15.9. The van der Waals surface area contributed by atoms with Crippen molar-refractivity contribution in [3.05, 3.63) is 35.4 Å². The van der Waals surface area contributed by atoms with Crippen LogP contribution in [0.15, 0.2) is 24.3 Å². The van der Waals surface area contributed by atoms with Crippen LogP contribution < -0.4 is 10.6 Å². The molecule has 0 saturated carbocycles. The number of carbonyl (C=O) groups excluding carboxylic acids is 2. The molecule has 1 heterocycles. The highest BCUT2D eigenvalue weighted by molar-refractivity contribution is 5.85. The molecule has 134 valence electrons. The Morgan fingerprint density at radius 1 is 1.29 bits per heavy atom. The van der Waals surface area contributed by atoms with Gasteiger partial charge in [0.15, 0.2) is 0 Å². The Hall–Kier alpha value is -1.59. The van der Waals surface area contributed by atoms with Crippen molar-refractivity contribution >= 4 is 24.3 Å². The maximum Gasteiger partial charge on any atom is 0.308 e. The van der Waals surface area contributed by atoms with Crippen LogP contribution in [0.3, 0.4) is 0 Å². The molecular formula is C18H27ClN2O3. The third-order valence-corrected chi connectivity index (χ3v) is 4.27. The summed E-state index contributed by atoms with van der Waals surface area (Å²) in [6.45, 7) is 5.86. The molecule has 1 aliphatic heterocycles. The number of hydrogen-bond acceptors (Lipinski definition) is 4. The average molecular weight is 355 g/mol. The van der Waals surface area contributed by atoms with Crippen molar-refractivity contribution in [3.8, 4) is 0 Å². The van der Waals surface area contributed by atoms with Crippen LogP contribution in [-0.2, 0) is 14.3 Å². The Kier molecular flexibility index (Phi) is 8.79. The van der Waals surface area contributed by atoms with Gasteiger partial charge in [-0.2, -0.15) is 0 Å². The van der Waals surface area contributed by atoms with Crippen LogP contribution in [0, 0.1) is 12.8 Å². The van der Waals surface area contributed by atoms with E-state index >= 15 is 0 Å². The number of benzene rings is 1. The predicted octanol–water partition coefficient (Wildman–Crippen LogP) is 2.53. The number of hydrogen-bond donors (Lipinski definition) is 2. The van der Waals surface area contributed by atoms with Crippen molar-refractivity contribution in [2.24, 2.45) is 5.92 Å². The van der Waals surface area contributed by atoms with Crippen LogP contribution in [0.1, 0.15) is 43.4 Å². The van der Waals surface area contributed by atoms with Crippen molar-refractivity contribution in [2.45, 2.75) is 39.2 Å². The van der Waals surface area contributed by atoms with Gasteiger partial charge in [-0.1, -0.05) is 24.3 Å². The largest absolute Gasteiger partial charge is 0.466 e. The second kappa shape index (κ2) is 10.3. The summed E-state index contributed by atoms with van der Waals surface area (Å²) in [6, 6.07) is 7.50. The SMILES string of the molecule is CCOC(=O)CC(NC(=O)C1CCNCC1)c1ccccc1C.Cl. The van der Waals surface area contributed by atoms with E-state index in [-0.39, 0.29) is 42.7 Å². The highest BCUT2D eigenvalue weighted by Gasteiger charge is 2.26. The van der Waals surface area contributed by atoms with Crippen LogP contribution in [-0.4, -0.2) is 31.6 Å². The number of aryl methyl sites for hydroxylation is 1. The molecule has 2 N–H and O–H groups in total. The molecule has 1 fully saturated rings. The van der Waals surface area contributed by atoms with E-state index in [1.54, 1.807) is 6.92 Å². The Morgan fingerprint density at radius 2 is 1.96 bits per heavy atom. The van der Waals surface area contributed by atoms with Gasteiger partial charge in [-0.05, 0) is 50.9 Å². The second-order valence-electron chi connectivity index (χ2n) is 5.95. The van der Waals surface area contributed by atoms with Gasteiger partial charge < -0.3 is 15.4 Å². The highest BCUT2D eigenvalue weighted by atomic mass is 35.5. The minimum Gasteiger partial charge on any atom is -0.466 e. The molecule has 1 saturated heterocycles. The number of amides is 1. The summed E-state index contributed by atoms with van der Waals surface area (Å²) in [7, 11) is 0. The topological polar surface area (TPSA) is 67.4 Å². The molecule has 1 atom stereocenters. The quantitative estimate of drug-likeness (QED) is 0.770. The molecule has 1 unspecified atom stereocenters. The van der Waals surface area contributed by atoms with E-state index in [0.717, 1.165) is 37.1 Å². The van der Waals surface area contributed by atoms with Crippen LogP contribution in [0.4, 0.5) is 0 Å². The zero-order valence-electron chi connectivity index (χ0n) is 14.3. The van der Waals surface area contributed by atoms with Gasteiger partial charge in [-0.3, -0.25) is 9.59 Å². The standard InChI is InChI=1S/C18H26N2O3.ClH/c1-3-23-17(21)12-16(15-7-5-4-6-13(15)2)20-18(22)14-8-10-19-11-9-14;/h4-7,14,16,19H,3,8-12H2,1-2H3,(H,20,22);1H. The van der Waals surface area contributed by atoms with Crippen molar-refractivity contribution in [2.75, 3.05) is 19.7 Å². The van der Waals surface area contributed by atoms with Crippen LogP contribution >= 0.6 is 12.4 Å². The Bertz CT molecular complexity index is 545. The van der Waals surface area contributed by atoms with Crippen LogP contribution in [0.2, 0.25) is 0 Å². The fourth-order valence-electron chi connectivity index (χ4n) is 2.98. The molecule has 0 radical (unpaired) electrons. The van der Waals surface area contributed by atoms with Crippen molar-refractivity contribution in [1.29, 1.82) is 0 Å². The Labute approximate surface area is 149 Å². The van der Waals surface area contributed by atoms with E-state index in [1.807, 2.05) is 31.2 Å². The summed E-state index contributed by atoms with van der Waals surface area (Å²) >= 11 is 0. The van der Waals surface area contributed by atoms with Gasteiger partial charge in [-0.15, -0.1) is 12.4 Å². The number of nitrogens with one attached hydrogen (secondary N) is 2. The molecule has 0 bridgehead atoms. The summed E-state index contributed by atoms with van der Waals surface area (Å²) in [5.41, 5.74) is 2.04. The summed E-state index contributed by atoms with van der Waals surface area (Å²) in [4.78, 5) is 24.5. The molecule has 5 nitrogen and oxygen atoms in total. The fraction of sp³-hybridized carbons (Fsp3) is 0.556. The monoisotopic (exact) mass is 354 g/mol. The third kappa shape index (κ3) is 5.80. The first-order valence-corrected chi connectivity index (χ1v) is 8.34. The van der Waals surface area contributed by atoms with Crippen LogP contribution in [0.5, 0.6) is 0 Å². The zero-order valence-corrected chi connectivity index (χ0v) is 15.2. The maximum atomic E-state index is 12.5. The molecular weight excluding hydrogens is 328 g/mol. The number of rotatable bonds is 6. The van der Waals surface area contributed by atoms with Gasteiger partial charge in [-0.25, -0.2) is 0 Å². The first kappa shape index (κ1) is 20.5. The summed E-state index contributed by atoms with van der Waals surface area (Å²) in [5, 5.41) is 6.32. The Balaban J connectivity index is 0.00000288. The molecule has 0 spiro atoms. The average Bonchev–Trinajstić information content (AvgIpc) is 2.55. The van der Waals surface area contributed by atoms with Gasteiger partial charge in [0.25, 0.3) is 0 Å². The molecule has 1 aromatic carbocycles. The minimum atomic E-state index is -0.336. The third-order valence-electron chi connectivity index (χ3n) is 4.27. The molecule has 6 heteroatoms. The Morgan fingerprint density at radius 3 is 2.58 bits per heavy atom. The van der Waals surface area contributed by atoms with E-state index in [0.29, 0.717) is 6.61 Å². The summed E-state index contributed by atoms with van der Waals surface area (Å²) < 4.78 is 5.06. The van der Waals surface area contributed by atoms with Crippen molar-refractivity contribution in [3.63, 3.8) is 0 Å². The van der Waals surface area contributed by atoms with Gasteiger partial charge >= 0.3 is 5.97 Å². The zero-order chi connectivity index (χ0) is 16.7. The number of piperidine rings is 1. The first-order valence-electron chi connectivity index (χ1n) is 8.34. The lowest BCUT2D eigenvalue weighted by Gasteiger charge is -2.26. The number of carbonyl (C=O) groups is 2. The molecule has 1 aromatic rings. The molecule has 2 rings (SSSR count). The van der Waals surface area contributed by atoms with E-state index in [4.69, 9.17) is 4.74 Å². The lowest BCUT2D eigenvalue weighted by molar-refractivity contribution is -0.144. The predicted molar refractivity (Wildman–Crippen MR) is 96.2 cm³/mol. The van der Waals surface area contributed by atoms with Gasteiger partial charge in [0.1, 0.15) is 0 Å². The molecule has 0 aliphatic carbocycles. The molecule has 0 aromatic heterocycles. The summed E-state index contributed by atoms with van der Waals surface area (Å²) in [5.74, 6) is -0.236. The smallest absolute Gasteiger partial charge is 0.308 e. The van der Waals surface area contributed by atoms with E-state index < -0.39 is 0 Å². The maximum absolute atomic E-state index is 12.5. The van der Waals surface area contributed by atoms with Crippen molar-refractivity contribution < 1.29 is 14.3 Å². The highest BCUT2D eigenvalue weighted by Crippen LogP contribution is 2.23. The molecule has 1 amide bonds. The summed E-state index contributed by atoms with van der Waals surface area (Å²) in [6.07, 6.45) is 1.84. The van der Waals surface area contributed by atoms with E-state index in [1.165, 1.54) is 0 Å². The van der Waals surface area contributed by atoms with Crippen molar-refractivity contribution in [1.82, 2.24) is 10.6 Å². The van der Waals surface area contributed by atoms with E-state index in [9.17, 15) is 9.59 Å². The van der Waals surface area contributed by atoms with Gasteiger partial charge in [0, 0.05) is 5.92 Å². The second-order valence-corrected chi connectivity index (χ2v) is 5.95. The first-order chi connectivity index (χ1) is 11.1.